The Bertz CT molecular complexity index is 626. The minimum atomic E-state index is -0.490. The van der Waals surface area contributed by atoms with Crippen molar-refractivity contribution in [3.8, 4) is 11.9 Å². The molecule has 7 nitrogen and oxygen atoms in total. The maximum atomic E-state index is 12.4. The molecular formula is C16H25N3O4. The Morgan fingerprint density at radius 1 is 1.26 bits per heavy atom. The second kappa shape index (κ2) is 8.67. The van der Waals surface area contributed by atoms with E-state index in [1.54, 1.807) is 11.8 Å². The van der Waals surface area contributed by atoms with Crippen molar-refractivity contribution >= 4 is 0 Å². The minimum absolute atomic E-state index is 0.0198. The van der Waals surface area contributed by atoms with Gasteiger partial charge in [-0.1, -0.05) is 13.8 Å². The van der Waals surface area contributed by atoms with E-state index >= 15 is 0 Å². The van der Waals surface area contributed by atoms with Crippen LogP contribution in [0.3, 0.4) is 0 Å². The van der Waals surface area contributed by atoms with Crippen LogP contribution < -0.4 is 5.56 Å². The van der Waals surface area contributed by atoms with Gasteiger partial charge in [-0.3, -0.25) is 14.3 Å². The molecule has 0 saturated carbocycles. The lowest BCUT2D eigenvalue weighted by atomic mass is 10.0. The Hall–Kier alpha value is -1.88. The highest BCUT2D eigenvalue weighted by molar-refractivity contribution is 5.45. The van der Waals surface area contributed by atoms with Crippen molar-refractivity contribution in [3.63, 3.8) is 0 Å². The summed E-state index contributed by atoms with van der Waals surface area (Å²) >= 11 is 0. The molecule has 0 unspecified atom stereocenters. The molecule has 0 amide bonds. The van der Waals surface area contributed by atoms with E-state index in [9.17, 15) is 15.2 Å². The third-order valence-electron chi connectivity index (χ3n) is 3.69. The Balaban J connectivity index is 3.40. The van der Waals surface area contributed by atoms with Crippen LogP contribution in [0.25, 0.3) is 0 Å². The van der Waals surface area contributed by atoms with Gasteiger partial charge in [0.15, 0.2) is 5.88 Å². The summed E-state index contributed by atoms with van der Waals surface area (Å²) in [5.41, 5.74) is 0.446. The quantitative estimate of drug-likeness (QED) is 0.629. The maximum absolute atomic E-state index is 12.4. The van der Waals surface area contributed by atoms with Crippen LogP contribution >= 0.6 is 0 Å². The third kappa shape index (κ3) is 4.55. The Morgan fingerprint density at radius 2 is 1.83 bits per heavy atom. The van der Waals surface area contributed by atoms with Gasteiger partial charge in [0.05, 0.1) is 13.2 Å². The fourth-order valence-corrected chi connectivity index (χ4v) is 2.50. The number of aliphatic hydroxyl groups is 2. The van der Waals surface area contributed by atoms with Crippen LogP contribution in [0, 0.1) is 24.2 Å². The average molecular weight is 323 g/mol. The molecule has 0 aromatic carbocycles. The number of pyridine rings is 1. The molecule has 0 bridgehead atoms. The van der Waals surface area contributed by atoms with E-state index in [0.717, 1.165) is 0 Å². The highest BCUT2D eigenvalue weighted by Crippen LogP contribution is 2.24. The zero-order chi connectivity index (χ0) is 17.6. The molecule has 0 atom stereocenters. The summed E-state index contributed by atoms with van der Waals surface area (Å²) in [5.74, 6) is -0.0206. The topological polar surface area (TPSA) is 110 Å². The summed E-state index contributed by atoms with van der Waals surface area (Å²) in [6.45, 7) is 6.49. The molecule has 0 aliphatic carbocycles. The van der Waals surface area contributed by atoms with Crippen LogP contribution in [0.4, 0.5) is 0 Å². The van der Waals surface area contributed by atoms with Gasteiger partial charge in [-0.15, -0.1) is 0 Å². The van der Waals surface area contributed by atoms with E-state index < -0.39 is 5.56 Å². The van der Waals surface area contributed by atoms with Crippen LogP contribution in [0.15, 0.2) is 4.79 Å². The van der Waals surface area contributed by atoms with Gasteiger partial charge in [0, 0.05) is 31.7 Å². The first-order valence-corrected chi connectivity index (χ1v) is 7.66. The normalized spacial score (nSPS) is 11.2. The van der Waals surface area contributed by atoms with Crippen molar-refractivity contribution in [1.29, 1.82) is 5.26 Å². The molecule has 1 aromatic rings. The lowest BCUT2D eigenvalue weighted by Crippen LogP contribution is -2.32. The Labute approximate surface area is 136 Å². The first-order valence-electron chi connectivity index (χ1n) is 7.66. The number of nitriles is 1. The second-order valence-corrected chi connectivity index (χ2v) is 5.95. The van der Waals surface area contributed by atoms with Gasteiger partial charge >= 0.3 is 0 Å². The molecule has 0 saturated heterocycles. The van der Waals surface area contributed by atoms with Gasteiger partial charge in [-0.2, -0.15) is 5.26 Å². The Kier molecular flexibility index (Phi) is 7.23. The average Bonchev–Trinajstić information content (AvgIpc) is 2.49. The van der Waals surface area contributed by atoms with Gasteiger partial charge in [0.2, 0.25) is 0 Å². The minimum Gasteiger partial charge on any atom is -0.494 e. The fraction of sp³-hybridized carbons (Fsp3) is 0.625. The first-order chi connectivity index (χ1) is 10.9. The number of aliphatic hydroxyl groups excluding tert-OH is 2. The highest BCUT2D eigenvalue weighted by atomic mass is 16.3. The van der Waals surface area contributed by atoms with E-state index in [1.807, 2.05) is 19.9 Å². The monoisotopic (exact) mass is 323 g/mol. The van der Waals surface area contributed by atoms with E-state index in [-0.39, 0.29) is 37.1 Å². The summed E-state index contributed by atoms with van der Waals surface area (Å²) in [4.78, 5) is 14.1. The smallest absolute Gasteiger partial charge is 0.271 e. The fourth-order valence-electron chi connectivity index (χ4n) is 2.50. The van der Waals surface area contributed by atoms with Crippen molar-refractivity contribution in [1.82, 2.24) is 9.47 Å². The predicted octanol–water partition coefficient (Wildman–Crippen LogP) is 0.177. The van der Waals surface area contributed by atoms with E-state index in [1.165, 1.54) is 4.57 Å². The van der Waals surface area contributed by atoms with Crippen LogP contribution in [0.1, 0.15) is 30.5 Å². The predicted molar refractivity (Wildman–Crippen MR) is 86.1 cm³/mol. The number of nitrogens with zero attached hydrogens (tertiary/aromatic N) is 3. The number of hydrogen-bond donors (Lipinski definition) is 3. The molecule has 0 radical (unpaired) electrons. The first kappa shape index (κ1) is 19.2. The van der Waals surface area contributed by atoms with Gasteiger partial charge in [-0.25, -0.2) is 0 Å². The molecule has 1 heterocycles. The van der Waals surface area contributed by atoms with Crippen molar-refractivity contribution in [2.24, 2.45) is 5.92 Å². The summed E-state index contributed by atoms with van der Waals surface area (Å²) in [5, 5.41) is 38.0. The summed E-state index contributed by atoms with van der Waals surface area (Å²) < 4.78 is 1.22. The molecule has 128 valence electrons. The Morgan fingerprint density at radius 3 is 2.26 bits per heavy atom. The molecule has 0 fully saturated rings. The molecule has 1 rings (SSSR count). The number of hydrogen-bond acceptors (Lipinski definition) is 6. The molecule has 3 N–H and O–H groups in total. The summed E-state index contributed by atoms with van der Waals surface area (Å²) in [6.07, 6.45) is 0. The van der Waals surface area contributed by atoms with Crippen LogP contribution in [0.5, 0.6) is 5.88 Å². The van der Waals surface area contributed by atoms with Crippen molar-refractivity contribution in [2.45, 2.75) is 33.9 Å². The molecule has 7 heteroatoms. The van der Waals surface area contributed by atoms with Gasteiger partial charge in [-0.05, 0) is 18.4 Å². The highest BCUT2D eigenvalue weighted by Gasteiger charge is 2.21. The molecular weight excluding hydrogens is 298 g/mol. The number of aromatic nitrogens is 1. The van der Waals surface area contributed by atoms with Gasteiger partial charge < -0.3 is 15.3 Å². The third-order valence-corrected chi connectivity index (χ3v) is 3.69. The van der Waals surface area contributed by atoms with Crippen LogP contribution in [0.2, 0.25) is 0 Å². The van der Waals surface area contributed by atoms with Crippen molar-refractivity contribution < 1.29 is 15.3 Å². The van der Waals surface area contributed by atoms with Gasteiger partial charge in [0.1, 0.15) is 11.6 Å². The van der Waals surface area contributed by atoms with Gasteiger partial charge in [0.25, 0.3) is 5.56 Å². The lowest BCUT2D eigenvalue weighted by molar-refractivity contribution is 0.154. The van der Waals surface area contributed by atoms with E-state index in [2.05, 4.69) is 0 Å². The molecule has 23 heavy (non-hydrogen) atoms. The molecule has 1 aromatic heterocycles. The number of aromatic hydroxyl groups is 1. The van der Waals surface area contributed by atoms with Crippen molar-refractivity contribution in [2.75, 3.05) is 26.3 Å². The summed E-state index contributed by atoms with van der Waals surface area (Å²) in [6, 6.07) is 1.92. The standard InChI is InChI=1S/C16H25N3O4/c1-11(2)9-19-15(22)13(8-17)12(3)14(16(19)23)10-18(4-6-20)5-7-21/h11,20-21,23H,4-7,9-10H2,1-3H3. The zero-order valence-corrected chi connectivity index (χ0v) is 13.9. The largest absolute Gasteiger partial charge is 0.494 e. The maximum Gasteiger partial charge on any atom is 0.271 e. The van der Waals surface area contributed by atoms with Crippen molar-refractivity contribution in [3.05, 3.63) is 27.0 Å². The zero-order valence-electron chi connectivity index (χ0n) is 13.9. The number of rotatable bonds is 8. The van der Waals surface area contributed by atoms with E-state index in [4.69, 9.17) is 10.2 Å². The second-order valence-electron chi connectivity index (χ2n) is 5.95. The lowest BCUT2D eigenvalue weighted by Gasteiger charge is -2.24. The summed E-state index contributed by atoms with van der Waals surface area (Å²) in [7, 11) is 0. The van der Waals surface area contributed by atoms with Crippen LogP contribution in [-0.2, 0) is 13.1 Å². The molecule has 0 aliphatic rings. The molecule has 0 spiro atoms. The van der Waals surface area contributed by atoms with E-state index in [0.29, 0.717) is 30.8 Å². The van der Waals surface area contributed by atoms with Crippen LogP contribution in [-0.4, -0.2) is 51.1 Å². The SMILES string of the molecule is Cc1c(CN(CCO)CCO)c(O)n(CC(C)C)c(=O)c1C#N. The molecule has 0 aliphatic heterocycles.